The molecule has 21 heavy (non-hydrogen) atoms. The first-order chi connectivity index (χ1) is 10.3. The molecular formula is C17H23N3O. The quantitative estimate of drug-likeness (QED) is 0.731. The number of benzene rings is 1. The maximum absolute atomic E-state index is 12.0. The van der Waals surface area contributed by atoms with Gasteiger partial charge in [0, 0.05) is 25.0 Å². The average molecular weight is 285 g/mol. The molecule has 1 aromatic heterocycles. The number of nitrogens with zero attached hydrogens (tertiary/aromatic N) is 1. The Labute approximate surface area is 126 Å². The predicted molar refractivity (Wildman–Crippen MR) is 84.7 cm³/mol. The first-order valence-electron chi connectivity index (χ1n) is 7.45. The number of nitrogens with one attached hydrogen (secondary N) is 2. The number of hydrogen-bond acceptors (Lipinski definition) is 2. The van der Waals surface area contributed by atoms with E-state index in [-0.39, 0.29) is 5.91 Å². The van der Waals surface area contributed by atoms with E-state index in [4.69, 9.17) is 0 Å². The molecule has 1 aromatic carbocycles. The number of carbonyl (C=O) groups excluding carboxylic acids is 1. The molecule has 1 amide bonds. The minimum absolute atomic E-state index is 0.0341. The maximum atomic E-state index is 12.0. The molecule has 0 spiro atoms. The highest BCUT2D eigenvalue weighted by atomic mass is 16.1. The molecule has 112 valence electrons. The van der Waals surface area contributed by atoms with Gasteiger partial charge in [0.05, 0.1) is 0 Å². The molecule has 0 aliphatic heterocycles. The number of rotatable bonds is 8. The monoisotopic (exact) mass is 285 g/mol. The third kappa shape index (κ3) is 5.08. The topological polar surface area (TPSA) is 46.1 Å². The van der Waals surface area contributed by atoms with Crippen LogP contribution in [0.4, 0.5) is 0 Å². The number of hydrogen-bond donors (Lipinski definition) is 2. The molecule has 0 bridgehead atoms. The van der Waals surface area contributed by atoms with Crippen LogP contribution in [0, 0.1) is 0 Å². The molecule has 4 nitrogen and oxygen atoms in total. The van der Waals surface area contributed by atoms with Gasteiger partial charge in [0.1, 0.15) is 6.54 Å². The van der Waals surface area contributed by atoms with E-state index in [1.54, 1.807) is 0 Å². The fraction of sp³-hybridized carbons (Fsp3) is 0.353. The summed E-state index contributed by atoms with van der Waals surface area (Å²) < 4.78 is 1.99. The van der Waals surface area contributed by atoms with E-state index in [9.17, 15) is 4.79 Å². The van der Waals surface area contributed by atoms with Gasteiger partial charge in [-0.25, -0.2) is 0 Å². The van der Waals surface area contributed by atoms with Crippen LogP contribution in [0.1, 0.15) is 24.6 Å². The summed E-state index contributed by atoms with van der Waals surface area (Å²) in [7, 11) is 0. The van der Waals surface area contributed by atoms with Gasteiger partial charge in [0.25, 0.3) is 0 Å². The van der Waals surface area contributed by atoms with Crippen molar-refractivity contribution in [2.75, 3.05) is 6.54 Å². The molecule has 4 heteroatoms. The number of carbonyl (C=O) groups is 1. The van der Waals surface area contributed by atoms with E-state index < -0.39 is 0 Å². The fourth-order valence-electron chi connectivity index (χ4n) is 2.16. The van der Waals surface area contributed by atoms with Crippen LogP contribution in [0.15, 0.2) is 48.7 Å². The molecule has 2 aromatic rings. The summed E-state index contributed by atoms with van der Waals surface area (Å²) in [6.45, 7) is 4.87. The molecule has 0 saturated heterocycles. The van der Waals surface area contributed by atoms with Crippen molar-refractivity contribution in [2.24, 2.45) is 0 Å². The van der Waals surface area contributed by atoms with Crippen LogP contribution < -0.4 is 10.6 Å². The van der Waals surface area contributed by atoms with E-state index >= 15 is 0 Å². The zero-order valence-corrected chi connectivity index (χ0v) is 12.5. The zero-order valence-electron chi connectivity index (χ0n) is 12.5. The Hall–Kier alpha value is -2.07. The van der Waals surface area contributed by atoms with Crippen LogP contribution in [-0.2, 0) is 24.4 Å². The van der Waals surface area contributed by atoms with Gasteiger partial charge in [0.15, 0.2) is 0 Å². The van der Waals surface area contributed by atoms with Crippen LogP contribution >= 0.6 is 0 Å². The lowest BCUT2D eigenvalue weighted by Crippen LogP contribution is -2.28. The van der Waals surface area contributed by atoms with E-state index in [1.807, 2.05) is 53.2 Å². The summed E-state index contributed by atoms with van der Waals surface area (Å²) in [6.07, 6.45) is 3.06. The second-order valence-electron chi connectivity index (χ2n) is 5.07. The van der Waals surface area contributed by atoms with Crippen molar-refractivity contribution in [3.63, 3.8) is 0 Å². The Balaban J connectivity index is 1.81. The van der Waals surface area contributed by atoms with Crippen molar-refractivity contribution in [1.82, 2.24) is 15.2 Å². The van der Waals surface area contributed by atoms with Crippen molar-refractivity contribution in [3.8, 4) is 0 Å². The lowest BCUT2D eigenvalue weighted by atomic mass is 10.2. The summed E-state index contributed by atoms with van der Waals surface area (Å²) in [6, 6.07) is 14.0. The standard InChI is InChI=1S/C17H23N3O/c1-2-10-18-13-16-9-6-11-20(16)14-17(21)19-12-15-7-4-3-5-8-15/h3-9,11,18H,2,10,12-14H2,1H3,(H,19,21). The highest BCUT2D eigenvalue weighted by Gasteiger charge is 2.06. The van der Waals surface area contributed by atoms with Gasteiger partial charge in [-0.1, -0.05) is 37.3 Å². The second-order valence-corrected chi connectivity index (χ2v) is 5.07. The molecule has 0 unspecified atom stereocenters. The predicted octanol–water partition coefficient (Wildman–Crippen LogP) is 2.30. The molecule has 2 rings (SSSR count). The summed E-state index contributed by atoms with van der Waals surface area (Å²) in [4.78, 5) is 12.0. The summed E-state index contributed by atoms with van der Waals surface area (Å²) in [5, 5.41) is 6.31. The summed E-state index contributed by atoms with van der Waals surface area (Å²) >= 11 is 0. The van der Waals surface area contributed by atoms with Gasteiger partial charge in [0.2, 0.25) is 5.91 Å². The van der Waals surface area contributed by atoms with Crippen molar-refractivity contribution in [2.45, 2.75) is 33.0 Å². The van der Waals surface area contributed by atoms with E-state index in [0.29, 0.717) is 13.1 Å². The van der Waals surface area contributed by atoms with Crippen LogP contribution in [0.2, 0.25) is 0 Å². The maximum Gasteiger partial charge on any atom is 0.240 e. The Morgan fingerprint density at radius 3 is 2.67 bits per heavy atom. The zero-order chi connectivity index (χ0) is 14.9. The third-order valence-electron chi connectivity index (χ3n) is 3.30. The normalized spacial score (nSPS) is 10.5. The highest BCUT2D eigenvalue weighted by Crippen LogP contribution is 2.03. The van der Waals surface area contributed by atoms with Crippen LogP contribution in [0.25, 0.3) is 0 Å². The third-order valence-corrected chi connectivity index (χ3v) is 3.30. The van der Waals surface area contributed by atoms with Gasteiger partial charge in [-0.05, 0) is 30.7 Å². The molecule has 0 aliphatic rings. The Morgan fingerprint density at radius 1 is 1.10 bits per heavy atom. The van der Waals surface area contributed by atoms with Crippen molar-refractivity contribution in [1.29, 1.82) is 0 Å². The highest BCUT2D eigenvalue weighted by molar-refractivity contribution is 5.75. The van der Waals surface area contributed by atoms with Gasteiger partial charge < -0.3 is 15.2 Å². The first-order valence-corrected chi connectivity index (χ1v) is 7.45. The smallest absolute Gasteiger partial charge is 0.240 e. The summed E-state index contributed by atoms with van der Waals surface area (Å²) in [5.74, 6) is 0.0341. The molecule has 0 fully saturated rings. The van der Waals surface area contributed by atoms with Gasteiger partial charge in [-0.3, -0.25) is 4.79 Å². The van der Waals surface area contributed by atoms with Crippen molar-refractivity contribution < 1.29 is 4.79 Å². The number of amides is 1. The lowest BCUT2D eigenvalue weighted by Gasteiger charge is -2.10. The molecule has 0 radical (unpaired) electrons. The van der Waals surface area contributed by atoms with Gasteiger partial charge >= 0.3 is 0 Å². The van der Waals surface area contributed by atoms with Crippen molar-refractivity contribution >= 4 is 5.91 Å². The Morgan fingerprint density at radius 2 is 1.90 bits per heavy atom. The first kappa shape index (κ1) is 15.3. The minimum Gasteiger partial charge on any atom is -0.350 e. The lowest BCUT2D eigenvalue weighted by molar-refractivity contribution is -0.121. The molecule has 0 atom stereocenters. The average Bonchev–Trinajstić information content (AvgIpc) is 2.94. The van der Waals surface area contributed by atoms with Crippen LogP contribution in [-0.4, -0.2) is 17.0 Å². The van der Waals surface area contributed by atoms with E-state index in [0.717, 1.165) is 30.8 Å². The van der Waals surface area contributed by atoms with E-state index in [2.05, 4.69) is 17.6 Å². The molecular weight excluding hydrogens is 262 g/mol. The minimum atomic E-state index is 0.0341. The fourth-order valence-corrected chi connectivity index (χ4v) is 2.16. The number of aromatic nitrogens is 1. The molecule has 0 aliphatic carbocycles. The van der Waals surface area contributed by atoms with Crippen LogP contribution in [0.5, 0.6) is 0 Å². The Kier molecular flexibility index (Phi) is 6.03. The van der Waals surface area contributed by atoms with Gasteiger partial charge in [-0.15, -0.1) is 0 Å². The molecule has 1 heterocycles. The SMILES string of the molecule is CCCNCc1cccn1CC(=O)NCc1ccccc1. The van der Waals surface area contributed by atoms with Crippen LogP contribution in [0.3, 0.4) is 0 Å². The second kappa shape index (κ2) is 8.27. The molecule has 2 N–H and O–H groups in total. The van der Waals surface area contributed by atoms with Gasteiger partial charge in [-0.2, -0.15) is 0 Å². The molecule has 0 saturated carbocycles. The Bertz CT molecular complexity index is 548. The largest absolute Gasteiger partial charge is 0.350 e. The summed E-state index contributed by atoms with van der Waals surface area (Å²) in [5.41, 5.74) is 2.25. The van der Waals surface area contributed by atoms with Crippen molar-refractivity contribution in [3.05, 3.63) is 59.9 Å². The van der Waals surface area contributed by atoms with E-state index in [1.165, 1.54) is 0 Å².